The Morgan fingerprint density at radius 1 is 1.17 bits per heavy atom. The molecule has 4 nitrogen and oxygen atoms in total. The average molecular weight is 331 g/mol. The van der Waals surface area contributed by atoms with Gasteiger partial charge in [0, 0.05) is 37.8 Å². The number of nitrogens with zero attached hydrogens (tertiary/aromatic N) is 3. The minimum absolute atomic E-state index is 0.0915. The van der Waals surface area contributed by atoms with Crippen molar-refractivity contribution >= 4 is 34.1 Å². The average Bonchev–Trinajstić information content (AvgIpc) is 2.60. The van der Waals surface area contributed by atoms with Crippen molar-refractivity contribution < 1.29 is 4.79 Å². The Bertz CT molecular complexity index is 619. The van der Waals surface area contributed by atoms with Crippen LogP contribution in [0.4, 0.5) is 11.4 Å². The lowest BCUT2D eigenvalue weighted by Gasteiger charge is -2.37. The zero-order chi connectivity index (χ0) is 16.4. The molecule has 0 aromatic heterocycles. The highest BCUT2D eigenvalue weighted by Gasteiger charge is 2.23. The zero-order valence-electron chi connectivity index (χ0n) is 14.2. The van der Waals surface area contributed by atoms with Crippen LogP contribution in [0.15, 0.2) is 23.2 Å². The second-order valence-electron chi connectivity index (χ2n) is 6.49. The maximum atomic E-state index is 12.1. The van der Waals surface area contributed by atoms with Gasteiger partial charge in [-0.3, -0.25) is 4.79 Å². The summed E-state index contributed by atoms with van der Waals surface area (Å²) in [6.07, 6.45) is 4.22. The van der Waals surface area contributed by atoms with Crippen LogP contribution in [-0.2, 0) is 11.2 Å². The number of aliphatic imine (C=N–C) groups is 1. The number of thioether (sulfide) groups is 1. The van der Waals surface area contributed by atoms with Crippen molar-refractivity contribution in [2.45, 2.75) is 26.7 Å². The van der Waals surface area contributed by atoms with Crippen LogP contribution in [0, 0.1) is 5.92 Å². The highest BCUT2D eigenvalue weighted by Crippen LogP contribution is 2.32. The molecule has 0 atom stereocenters. The van der Waals surface area contributed by atoms with Crippen molar-refractivity contribution in [2.75, 3.05) is 37.3 Å². The molecule has 1 amide bonds. The van der Waals surface area contributed by atoms with E-state index in [0.717, 1.165) is 44.7 Å². The molecule has 1 aromatic carbocycles. The Kier molecular flexibility index (Phi) is 4.95. The Labute approximate surface area is 142 Å². The molecule has 5 heteroatoms. The topological polar surface area (TPSA) is 35.9 Å². The van der Waals surface area contributed by atoms with Gasteiger partial charge in [0.2, 0.25) is 5.91 Å². The van der Waals surface area contributed by atoms with E-state index in [-0.39, 0.29) is 11.8 Å². The fourth-order valence-corrected chi connectivity index (χ4v) is 3.70. The first-order chi connectivity index (χ1) is 11.1. The third-order valence-corrected chi connectivity index (χ3v) is 5.37. The molecule has 124 valence electrons. The number of hydrogen-bond acceptors (Lipinski definition) is 4. The third-order valence-electron chi connectivity index (χ3n) is 4.60. The fourth-order valence-electron chi connectivity index (χ4n) is 3.21. The zero-order valence-corrected chi connectivity index (χ0v) is 15.0. The number of amides is 1. The lowest BCUT2D eigenvalue weighted by molar-refractivity contribution is -0.134. The van der Waals surface area contributed by atoms with Crippen LogP contribution in [0.3, 0.4) is 0 Å². The van der Waals surface area contributed by atoms with Crippen molar-refractivity contribution in [3.63, 3.8) is 0 Å². The van der Waals surface area contributed by atoms with E-state index in [1.807, 2.05) is 18.7 Å². The van der Waals surface area contributed by atoms with E-state index in [2.05, 4.69) is 29.4 Å². The molecule has 0 aliphatic carbocycles. The molecule has 0 unspecified atom stereocenters. The van der Waals surface area contributed by atoms with Gasteiger partial charge in [-0.05, 0) is 42.9 Å². The molecule has 1 fully saturated rings. The Morgan fingerprint density at radius 3 is 2.57 bits per heavy atom. The number of aryl methyl sites for hydroxylation is 1. The van der Waals surface area contributed by atoms with Crippen LogP contribution in [0.5, 0.6) is 0 Å². The Balaban J connectivity index is 1.68. The van der Waals surface area contributed by atoms with E-state index in [1.54, 1.807) is 11.8 Å². The molecular formula is C18H25N3OS. The number of benzene rings is 1. The van der Waals surface area contributed by atoms with Crippen LogP contribution >= 0.6 is 11.8 Å². The molecule has 0 saturated carbocycles. The minimum Gasteiger partial charge on any atom is -0.368 e. The van der Waals surface area contributed by atoms with Crippen LogP contribution < -0.4 is 4.90 Å². The second-order valence-corrected chi connectivity index (χ2v) is 7.37. The quantitative estimate of drug-likeness (QED) is 0.834. The summed E-state index contributed by atoms with van der Waals surface area (Å²) in [6, 6.07) is 6.60. The molecule has 2 heterocycles. The summed E-state index contributed by atoms with van der Waals surface area (Å²) in [5.41, 5.74) is 3.74. The monoisotopic (exact) mass is 331 g/mol. The minimum atomic E-state index is 0.0915. The van der Waals surface area contributed by atoms with Gasteiger partial charge in [0.1, 0.15) is 0 Å². The summed E-state index contributed by atoms with van der Waals surface area (Å²) in [4.78, 5) is 21.2. The van der Waals surface area contributed by atoms with Crippen LogP contribution in [-0.4, -0.2) is 48.3 Å². The van der Waals surface area contributed by atoms with Crippen LogP contribution in [0.25, 0.3) is 0 Å². The van der Waals surface area contributed by atoms with Gasteiger partial charge < -0.3 is 9.80 Å². The van der Waals surface area contributed by atoms with E-state index in [9.17, 15) is 4.79 Å². The molecule has 2 aliphatic rings. The first-order valence-electron chi connectivity index (χ1n) is 8.36. The predicted octanol–water partition coefficient (Wildman–Crippen LogP) is 3.33. The first-order valence-corrected chi connectivity index (χ1v) is 9.59. The number of hydrogen-bond donors (Lipinski definition) is 0. The number of rotatable bonds is 2. The van der Waals surface area contributed by atoms with Gasteiger partial charge in [-0.1, -0.05) is 13.8 Å². The lowest BCUT2D eigenvalue weighted by Crippen LogP contribution is -2.49. The maximum Gasteiger partial charge on any atom is 0.225 e. The van der Waals surface area contributed by atoms with E-state index >= 15 is 0 Å². The molecule has 0 N–H and O–H groups in total. The van der Waals surface area contributed by atoms with E-state index in [1.165, 1.54) is 16.3 Å². The second kappa shape index (κ2) is 6.95. The fraction of sp³-hybridized carbons (Fsp3) is 0.556. The van der Waals surface area contributed by atoms with Gasteiger partial charge >= 0.3 is 0 Å². The largest absolute Gasteiger partial charge is 0.368 e. The Morgan fingerprint density at radius 2 is 1.91 bits per heavy atom. The summed E-state index contributed by atoms with van der Waals surface area (Å²) >= 11 is 1.75. The van der Waals surface area contributed by atoms with E-state index in [0.29, 0.717) is 0 Å². The van der Waals surface area contributed by atoms with Crippen molar-refractivity contribution in [3.8, 4) is 0 Å². The first kappa shape index (κ1) is 16.4. The van der Waals surface area contributed by atoms with Gasteiger partial charge in [0.25, 0.3) is 0 Å². The van der Waals surface area contributed by atoms with Gasteiger partial charge in [0.05, 0.1) is 10.7 Å². The molecule has 2 aliphatic heterocycles. The van der Waals surface area contributed by atoms with Crippen molar-refractivity contribution in [2.24, 2.45) is 10.9 Å². The molecule has 0 radical (unpaired) electrons. The number of anilines is 1. The molecule has 0 spiro atoms. The summed E-state index contributed by atoms with van der Waals surface area (Å²) in [6.45, 7) is 7.42. The highest BCUT2D eigenvalue weighted by atomic mass is 32.2. The molecular weight excluding hydrogens is 306 g/mol. The maximum absolute atomic E-state index is 12.1. The van der Waals surface area contributed by atoms with E-state index in [4.69, 9.17) is 4.99 Å². The number of carbonyl (C=O) groups excluding carboxylic acids is 1. The summed E-state index contributed by atoms with van der Waals surface area (Å²) in [5.74, 6) is 0.364. The van der Waals surface area contributed by atoms with Crippen LogP contribution in [0.2, 0.25) is 0 Å². The number of fused-ring (bicyclic) bond motifs is 1. The molecule has 23 heavy (non-hydrogen) atoms. The lowest BCUT2D eigenvalue weighted by atomic mass is 10.0. The van der Waals surface area contributed by atoms with Crippen LogP contribution in [0.1, 0.15) is 25.8 Å². The van der Waals surface area contributed by atoms with Crippen molar-refractivity contribution in [1.29, 1.82) is 0 Å². The normalized spacial score (nSPS) is 18.0. The molecule has 1 aromatic rings. The SMILES string of the molecule is CSC1=Nc2ccc(N3CCN(C(=O)C(C)C)CC3)cc2CC1. The van der Waals surface area contributed by atoms with E-state index < -0.39 is 0 Å². The van der Waals surface area contributed by atoms with Crippen molar-refractivity contribution in [1.82, 2.24) is 4.90 Å². The van der Waals surface area contributed by atoms with Crippen molar-refractivity contribution in [3.05, 3.63) is 23.8 Å². The standard InChI is InChI=1S/C18H25N3OS/c1-13(2)18(22)21-10-8-20(9-11-21)15-5-6-16-14(12-15)4-7-17(19-16)23-3/h5-6,12-13H,4,7-11H2,1-3H3. The summed E-state index contributed by atoms with van der Waals surface area (Å²) in [5, 5.41) is 1.23. The molecule has 1 saturated heterocycles. The molecule has 0 bridgehead atoms. The third kappa shape index (κ3) is 3.55. The van der Waals surface area contributed by atoms with Gasteiger partial charge in [-0.15, -0.1) is 11.8 Å². The highest BCUT2D eigenvalue weighted by molar-refractivity contribution is 8.13. The number of carbonyl (C=O) groups is 1. The smallest absolute Gasteiger partial charge is 0.225 e. The van der Waals surface area contributed by atoms with Gasteiger partial charge in [-0.2, -0.15) is 0 Å². The number of piperazine rings is 1. The Hall–Kier alpha value is -1.49. The summed E-state index contributed by atoms with van der Waals surface area (Å²) < 4.78 is 0. The molecule has 3 rings (SSSR count). The van der Waals surface area contributed by atoms with Gasteiger partial charge in [0.15, 0.2) is 0 Å². The predicted molar refractivity (Wildman–Crippen MR) is 99.0 cm³/mol. The summed E-state index contributed by atoms with van der Waals surface area (Å²) in [7, 11) is 0. The van der Waals surface area contributed by atoms with Gasteiger partial charge in [-0.25, -0.2) is 4.99 Å².